The van der Waals surface area contributed by atoms with Gasteiger partial charge in [-0.1, -0.05) is 13.3 Å². The predicted molar refractivity (Wildman–Crippen MR) is 58.4 cm³/mol. The molecule has 0 aliphatic heterocycles. The van der Waals surface area contributed by atoms with E-state index in [1.54, 1.807) is 0 Å². The summed E-state index contributed by atoms with van der Waals surface area (Å²) in [5.41, 5.74) is 5.60. The number of carbonyl (C=O) groups is 1. The summed E-state index contributed by atoms with van der Waals surface area (Å²) >= 11 is 0. The lowest BCUT2D eigenvalue weighted by Gasteiger charge is -2.13. The van der Waals surface area contributed by atoms with Gasteiger partial charge in [0.2, 0.25) is 5.91 Å². The summed E-state index contributed by atoms with van der Waals surface area (Å²) in [5, 5.41) is 12.0. The van der Waals surface area contributed by atoms with E-state index in [2.05, 4.69) is 5.32 Å². The van der Waals surface area contributed by atoms with Crippen molar-refractivity contribution in [2.24, 2.45) is 5.73 Å². The first-order valence-electron chi connectivity index (χ1n) is 5.32. The van der Waals surface area contributed by atoms with Crippen LogP contribution in [0.15, 0.2) is 0 Å². The topological polar surface area (TPSA) is 84.6 Å². The Morgan fingerprint density at radius 1 is 1.53 bits per heavy atom. The van der Waals surface area contributed by atoms with E-state index in [1.165, 1.54) is 7.11 Å². The first kappa shape index (κ1) is 14.3. The van der Waals surface area contributed by atoms with Crippen molar-refractivity contribution in [2.45, 2.75) is 38.3 Å². The summed E-state index contributed by atoms with van der Waals surface area (Å²) in [7, 11) is 1.53. The molecule has 0 fully saturated rings. The molecule has 0 radical (unpaired) electrons. The molecule has 2 unspecified atom stereocenters. The van der Waals surface area contributed by atoms with Crippen molar-refractivity contribution in [2.75, 3.05) is 20.3 Å². The lowest BCUT2D eigenvalue weighted by atomic mass is 10.1. The van der Waals surface area contributed by atoms with Gasteiger partial charge in [0, 0.05) is 13.7 Å². The highest BCUT2D eigenvalue weighted by Gasteiger charge is 2.11. The van der Waals surface area contributed by atoms with E-state index in [-0.39, 0.29) is 12.5 Å². The number of hydrogen-bond donors (Lipinski definition) is 3. The van der Waals surface area contributed by atoms with Gasteiger partial charge in [-0.15, -0.1) is 0 Å². The Balaban J connectivity index is 3.54. The van der Waals surface area contributed by atoms with Crippen LogP contribution in [-0.2, 0) is 9.53 Å². The van der Waals surface area contributed by atoms with Crippen molar-refractivity contribution in [3.8, 4) is 0 Å². The first-order valence-corrected chi connectivity index (χ1v) is 5.32. The average molecular weight is 218 g/mol. The van der Waals surface area contributed by atoms with E-state index in [4.69, 9.17) is 10.5 Å². The van der Waals surface area contributed by atoms with Crippen LogP contribution in [0.5, 0.6) is 0 Å². The third kappa shape index (κ3) is 7.30. The highest BCUT2D eigenvalue weighted by atomic mass is 16.5. The zero-order valence-electron chi connectivity index (χ0n) is 9.53. The van der Waals surface area contributed by atoms with Crippen LogP contribution in [0.4, 0.5) is 0 Å². The Morgan fingerprint density at radius 3 is 2.73 bits per heavy atom. The maximum atomic E-state index is 11.3. The summed E-state index contributed by atoms with van der Waals surface area (Å²) in [4.78, 5) is 11.3. The number of ether oxygens (including phenoxy) is 1. The molecule has 0 saturated heterocycles. The number of hydrogen-bond acceptors (Lipinski definition) is 4. The van der Waals surface area contributed by atoms with E-state index in [0.717, 1.165) is 6.42 Å². The molecule has 0 aromatic carbocycles. The second-order valence-corrected chi connectivity index (χ2v) is 3.58. The molecule has 0 rings (SSSR count). The van der Waals surface area contributed by atoms with Crippen molar-refractivity contribution in [3.05, 3.63) is 0 Å². The summed E-state index contributed by atoms with van der Waals surface area (Å²) in [6.07, 6.45) is 1.53. The fourth-order valence-corrected chi connectivity index (χ4v) is 1.21. The van der Waals surface area contributed by atoms with Crippen LogP contribution in [0, 0.1) is 0 Å². The number of nitrogens with one attached hydrogen (secondary N) is 1. The van der Waals surface area contributed by atoms with Crippen LogP contribution in [0.1, 0.15) is 26.2 Å². The van der Waals surface area contributed by atoms with Gasteiger partial charge in [0.15, 0.2) is 0 Å². The van der Waals surface area contributed by atoms with Crippen LogP contribution < -0.4 is 11.1 Å². The largest absolute Gasteiger partial charge is 0.391 e. The quantitative estimate of drug-likeness (QED) is 0.519. The van der Waals surface area contributed by atoms with E-state index < -0.39 is 12.1 Å². The fourth-order valence-electron chi connectivity index (χ4n) is 1.21. The zero-order valence-corrected chi connectivity index (χ0v) is 9.53. The molecule has 15 heavy (non-hydrogen) atoms. The molecule has 5 heteroatoms. The van der Waals surface area contributed by atoms with Crippen molar-refractivity contribution < 1.29 is 14.6 Å². The SMILES string of the molecule is CCCC(N)C(=O)NCCC(O)COC. The number of methoxy groups -OCH3 is 1. The number of amides is 1. The van der Waals surface area contributed by atoms with Gasteiger partial charge in [0.1, 0.15) is 0 Å². The minimum absolute atomic E-state index is 0.151. The van der Waals surface area contributed by atoms with E-state index in [0.29, 0.717) is 19.4 Å². The van der Waals surface area contributed by atoms with Gasteiger partial charge in [0.25, 0.3) is 0 Å². The number of carbonyl (C=O) groups excluding carboxylic acids is 1. The van der Waals surface area contributed by atoms with Crippen LogP contribution in [-0.4, -0.2) is 43.4 Å². The Kier molecular flexibility index (Phi) is 8.27. The molecule has 0 aliphatic rings. The highest BCUT2D eigenvalue weighted by molar-refractivity contribution is 5.81. The Hall–Kier alpha value is -0.650. The van der Waals surface area contributed by atoms with Crippen LogP contribution in [0.25, 0.3) is 0 Å². The minimum atomic E-state index is -0.530. The molecule has 0 bridgehead atoms. The maximum Gasteiger partial charge on any atom is 0.236 e. The molecule has 90 valence electrons. The van der Waals surface area contributed by atoms with Crippen molar-refractivity contribution in [1.82, 2.24) is 5.32 Å². The molecular formula is C10H22N2O3. The van der Waals surface area contributed by atoms with Crippen LogP contribution in [0.3, 0.4) is 0 Å². The van der Waals surface area contributed by atoms with Crippen LogP contribution >= 0.6 is 0 Å². The summed E-state index contributed by atoms with van der Waals surface area (Å²) in [6, 6.07) is -0.436. The number of rotatable bonds is 8. The van der Waals surface area contributed by atoms with Gasteiger partial charge < -0.3 is 20.9 Å². The molecule has 5 nitrogen and oxygen atoms in total. The molecule has 0 spiro atoms. The molecule has 1 amide bonds. The number of nitrogens with two attached hydrogens (primary N) is 1. The second kappa shape index (κ2) is 8.64. The highest BCUT2D eigenvalue weighted by Crippen LogP contribution is 1.94. The summed E-state index contributed by atoms with van der Waals surface area (Å²) < 4.78 is 4.76. The zero-order chi connectivity index (χ0) is 11.7. The van der Waals surface area contributed by atoms with Gasteiger partial charge in [0.05, 0.1) is 18.8 Å². The normalized spacial score (nSPS) is 14.7. The summed E-state index contributed by atoms with van der Waals surface area (Å²) in [5.74, 6) is -0.151. The Bertz CT molecular complexity index is 176. The predicted octanol–water partition coefficient (Wildman–Crippen LogP) is -0.373. The molecule has 0 aromatic rings. The van der Waals surface area contributed by atoms with Gasteiger partial charge in [-0.2, -0.15) is 0 Å². The van der Waals surface area contributed by atoms with Gasteiger partial charge in [-0.3, -0.25) is 4.79 Å². The molecule has 0 saturated carbocycles. The first-order chi connectivity index (χ1) is 7.11. The van der Waals surface area contributed by atoms with E-state index in [9.17, 15) is 9.90 Å². The Morgan fingerprint density at radius 2 is 2.20 bits per heavy atom. The van der Waals surface area contributed by atoms with Gasteiger partial charge in [-0.05, 0) is 12.8 Å². The monoisotopic (exact) mass is 218 g/mol. The van der Waals surface area contributed by atoms with Crippen LogP contribution in [0.2, 0.25) is 0 Å². The lowest BCUT2D eigenvalue weighted by Crippen LogP contribution is -2.41. The summed E-state index contributed by atoms with van der Waals surface area (Å²) in [6.45, 7) is 2.70. The molecule has 0 heterocycles. The lowest BCUT2D eigenvalue weighted by molar-refractivity contribution is -0.122. The molecule has 4 N–H and O–H groups in total. The maximum absolute atomic E-state index is 11.3. The standard InChI is InChI=1S/C10H22N2O3/c1-3-4-9(11)10(14)12-6-5-8(13)7-15-2/h8-9,13H,3-7,11H2,1-2H3,(H,12,14). The average Bonchev–Trinajstić information content (AvgIpc) is 2.18. The molecule has 0 aromatic heterocycles. The minimum Gasteiger partial charge on any atom is -0.391 e. The molecule has 0 aliphatic carbocycles. The second-order valence-electron chi connectivity index (χ2n) is 3.58. The van der Waals surface area contributed by atoms with Crippen molar-refractivity contribution in [3.63, 3.8) is 0 Å². The van der Waals surface area contributed by atoms with Crippen molar-refractivity contribution in [1.29, 1.82) is 0 Å². The molecule has 2 atom stereocenters. The Labute approximate surface area is 91.0 Å². The van der Waals surface area contributed by atoms with Gasteiger partial charge in [-0.25, -0.2) is 0 Å². The van der Waals surface area contributed by atoms with E-state index >= 15 is 0 Å². The van der Waals surface area contributed by atoms with E-state index in [1.807, 2.05) is 6.92 Å². The third-order valence-electron chi connectivity index (χ3n) is 2.07. The smallest absolute Gasteiger partial charge is 0.236 e. The van der Waals surface area contributed by atoms with Gasteiger partial charge >= 0.3 is 0 Å². The van der Waals surface area contributed by atoms with Crippen molar-refractivity contribution >= 4 is 5.91 Å². The number of aliphatic hydroxyl groups excluding tert-OH is 1. The molecular weight excluding hydrogens is 196 g/mol. The number of aliphatic hydroxyl groups is 1. The third-order valence-corrected chi connectivity index (χ3v) is 2.07. The fraction of sp³-hybridized carbons (Fsp3) is 0.900.